The Labute approximate surface area is 110 Å². The minimum absolute atomic E-state index is 0.273. The van der Waals surface area contributed by atoms with Crippen molar-refractivity contribution in [3.8, 4) is 0 Å². The third-order valence-corrected chi connectivity index (χ3v) is 3.07. The number of benzene rings is 1. The maximum absolute atomic E-state index is 12.7. The fraction of sp³-hybridized carbons (Fsp3) is 0.385. The van der Waals surface area contributed by atoms with E-state index in [0.717, 1.165) is 0 Å². The number of hydrogen-bond acceptors (Lipinski definition) is 2. The molecule has 0 spiro atoms. The molecular weight excluding hydrogens is 251 g/mol. The van der Waals surface area contributed by atoms with Crippen molar-refractivity contribution in [3.05, 3.63) is 30.1 Å². The van der Waals surface area contributed by atoms with E-state index in [2.05, 4.69) is 10.6 Å². The largest absolute Gasteiger partial charge is 0.480 e. The van der Waals surface area contributed by atoms with E-state index in [1.54, 1.807) is 13.8 Å². The van der Waals surface area contributed by atoms with Crippen LogP contribution < -0.4 is 10.6 Å². The summed E-state index contributed by atoms with van der Waals surface area (Å²) in [4.78, 5) is 23.0. The number of carbonyl (C=O) groups excluding carboxylic acids is 1. The van der Waals surface area contributed by atoms with Crippen molar-refractivity contribution < 1.29 is 19.1 Å². The van der Waals surface area contributed by atoms with Crippen molar-refractivity contribution in [2.24, 2.45) is 0 Å². The van der Waals surface area contributed by atoms with Crippen molar-refractivity contribution in [2.75, 3.05) is 5.32 Å². The van der Waals surface area contributed by atoms with Crippen molar-refractivity contribution in [1.82, 2.24) is 5.32 Å². The number of aliphatic carboxylic acids is 1. The lowest BCUT2D eigenvalue weighted by Crippen LogP contribution is -2.54. The molecule has 3 N–H and O–H groups in total. The van der Waals surface area contributed by atoms with Gasteiger partial charge in [-0.1, -0.05) is 13.8 Å². The summed E-state index contributed by atoms with van der Waals surface area (Å²) in [5, 5.41) is 14.1. The topological polar surface area (TPSA) is 78.4 Å². The van der Waals surface area contributed by atoms with Crippen LogP contribution in [0.1, 0.15) is 26.7 Å². The van der Waals surface area contributed by atoms with Gasteiger partial charge in [-0.15, -0.1) is 0 Å². The standard InChI is InChI=1S/C13H17FN2O3/c1-3-13(4-2,11(17)18)16-12(19)15-10-7-5-9(14)6-8-10/h5-8H,3-4H2,1-2H3,(H,17,18)(H2,15,16,19). The predicted octanol–water partition coefficient (Wildman–Crippen LogP) is 2.59. The SMILES string of the molecule is CCC(CC)(NC(=O)Nc1ccc(F)cc1)C(=O)O. The Balaban J connectivity index is 2.73. The Morgan fingerprint density at radius 1 is 1.21 bits per heavy atom. The van der Waals surface area contributed by atoms with Gasteiger partial charge in [0.25, 0.3) is 0 Å². The number of carbonyl (C=O) groups is 2. The zero-order chi connectivity index (χ0) is 14.5. The molecule has 2 amide bonds. The van der Waals surface area contributed by atoms with E-state index in [-0.39, 0.29) is 12.8 Å². The maximum atomic E-state index is 12.7. The maximum Gasteiger partial charge on any atom is 0.329 e. The van der Waals surface area contributed by atoms with Crippen LogP contribution in [-0.2, 0) is 4.79 Å². The van der Waals surface area contributed by atoms with E-state index >= 15 is 0 Å². The molecule has 104 valence electrons. The zero-order valence-corrected chi connectivity index (χ0v) is 10.9. The zero-order valence-electron chi connectivity index (χ0n) is 10.9. The van der Waals surface area contributed by atoms with E-state index in [4.69, 9.17) is 0 Å². The molecular formula is C13H17FN2O3. The van der Waals surface area contributed by atoms with Crippen LogP contribution in [0, 0.1) is 5.82 Å². The minimum atomic E-state index is -1.29. The molecule has 0 aliphatic heterocycles. The van der Waals surface area contributed by atoms with Gasteiger partial charge in [0.05, 0.1) is 0 Å². The number of carboxylic acids is 1. The van der Waals surface area contributed by atoms with Crippen molar-refractivity contribution in [1.29, 1.82) is 0 Å². The van der Waals surface area contributed by atoms with E-state index in [1.165, 1.54) is 24.3 Å². The third kappa shape index (κ3) is 3.67. The van der Waals surface area contributed by atoms with E-state index in [9.17, 15) is 19.1 Å². The van der Waals surface area contributed by atoms with Crippen LogP contribution in [0.15, 0.2) is 24.3 Å². The highest BCUT2D eigenvalue weighted by molar-refractivity contribution is 5.93. The Hall–Kier alpha value is -2.11. The average Bonchev–Trinajstić information content (AvgIpc) is 2.38. The quantitative estimate of drug-likeness (QED) is 0.768. The highest BCUT2D eigenvalue weighted by Gasteiger charge is 2.36. The van der Waals surface area contributed by atoms with Crippen LogP contribution in [0.5, 0.6) is 0 Å². The van der Waals surface area contributed by atoms with E-state index in [1.807, 2.05) is 0 Å². The van der Waals surface area contributed by atoms with E-state index in [0.29, 0.717) is 5.69 Å². The molecule has 0 aliphatic rings. The molecule has 0 aliphatic carbocycles. The van der Waals surface area contributed by atoms with Crippen LogP contribution in [0.25, 0.3) is 0 Å². The summed E-state index contributed by atoms with van der Waals surface area (Å²) >= 11 is 0. The van der Waals surface area contributed by atoms with Crippen LogP contribution in [-0.4, -0.2) is 22.6 Å². The lowest BCUT2D eigenvalue weighted by Gasteiger charge is -2.28. The number of rotatable bonds is 5. The monoisotopic (exact) mass is 268 g/mol. The number of urea groups is 1. The summed E-state index contributed by atoms with van der Waals surface area (Å²) < 4.78 is 12.7. The molecule has 0 atom stereocenters. The Morgan fingerprint density at radius 2 is 1.74 bits per heavy atom. The molecule has 0 saturated heterocycles. The number of anilines is 1. The fourth-order valence-corrected chi connectivity index (χ4v) is 1.70. The molecule has 0 bridgehead atoms. The highest BCUT2D eigenvalue weighted by atomic mass is 19.1. The molecule has 0 fully saturated rings. The molecule has 1 rings (SSSR count). The van der Waals surface area contributed by atoms with Crippen LogP contribution in [0.3, 0.4) is 0 Å². The van der Waals surface area contributed by atoms with Gasteiger partial charge < -0.3 is 15.7 Å². The van der Waals surface area contributed by atoms with Gasteiger partial charge >= 0.3 is 12.0 Å². The van der Waals surface area contributed by atoms with Gasteiger partial charge in [0.15, 0.2) is 0 Å². The van der Waals surface area contributed by atoms with Crippen molar-refractivity contribution in [3.63, 3.8) is 0 Å². The van der Waals surface area contributed by atoms with Crippen LogP contribution in [0.2, 0.25) is 0 Å². The first kappa shape index (κ1) is 14.9. The number of amides is 2. The summed E-state index contributed by atoms with van der Waals surface area (Å²) in [5.41, 5.74) is -0.894. The second-order valence-corrected chi connectivity index (χ2v) is 4.18. The van der Waals surface area contributed by atoms with Gasteiger partial charge in [-0.2, -0.15) is 0 Å². The lowest BCUT2D eigenvalue weighted by molar-refractivity contribution is -0.144. The molecule has 0 heterocycles. The molecule has 1 aromatic rings. The summed E-state index contributed by atoms with van der Waals surface area (Å²) in [5.74, 6) is -1.49. The number of nitrogens with one attached hydrogen (secondary N) is 2. The smallest absolute Gasteiger partial charge is 0.329 e. The second-order valence-electron chi connectivity index (χ2n) is 4.18. The number of halogens is 1. The normalized spacial score (nSPS) is 10.9. The molecule has 0 saturated carbocycles. The molecule has 5 nitrogen and oxygen atoms in total. The minimum Gasteiger partial charge on any atom is -0.480 e. The average molecular weight is 268 g/mol. The summed E-state index contributed by atoms with van der Waals surface area (Å²) in [6.07, 6.45) is 0.547. The van der Waals surface area contributed by atoms with Gasteiger partial charge in [0.1, 0.15) is 11.4 Å². The first-order chi connectivity index (χ1) is 8.93. The van der Waals surface area contributed by atoms with Gasteiger partial charge in [-0.05, 0) is 37.1 Å². The molecule has 19 heavy (non-hydrogen) atoms. The first-order valence-corrected chi connectivity index (χ1v) is 6.01. The summed E-state index contributed by atoms with van der Waals surface area (Å²) in [6.45, 7) is 3.38. The highest BCUT2D eigenvalue weighted by Crippen LogP contribution is 2.16. The third-order valence-electron chi connectivity index (χ3n) is 3.07. The number of carboxylic acid groups (broad SMARTS) is 1. The Morgan fingerprint density at radius 3 is 2.16 bits per heavy atom. The van der Waals surface area contributed by atoms with Crippen LogP contribution in [0.4, 0.5) is 14.9 Å². The molecule has 1 aromatic carbocycles. The van der Waals surface area contributed by atoms with Crippen molar-refractivity contribution >= 4 is 17.7 Å². The number of hydrogen-bond donors (Lipinski definition) is 3. The molecule has 6 heteroatoms. The molecule has 0 aromatic heterocycles. The predicted molar refractivity (Wildman–Crippen MR) is 69.5 cm³/mol. The first-order valence-electron chi connectivity index (χ1n) is 6.01. The summed E-state index contributed by atoms with van der Waals surface area (Å²) in [7, 11) is 0. The fourth-order valence-electron chi connectivity index (χ4n) is 1.70. The van der Waals surface area contributed by atoms with Gasteiger partial charge in [0, 0.05) is 5.69 Å². The van der Waals surface area contributed by atoms with Crippen molar-refractivity contribution in [2.45, 2.75) is 32.2 Å². The Kier molecular flexibility index (Phi) is 4.86. The summed E-state index contributed by atoms with van der Waals surface area (Å²) in [6, 6.07) is 4.59. The molecule has 0 radical (unpaired) electrons. The van der Waals surface area contributed by atoms with Gasteiger partial charge in [0.2, 0.25) is 0 Å². The molecule has 0 unspecified atom stereocenters. The second kappa shape index (κ2) is 6.17. The van der Waals surface area contributed by atoms with Gasteiger partial charge in [-0.25, -0.2) is 14.0 Å². The lowest BCUT2D eigenvalue weighted by atomic mass is 9.93. The van der Waals surface area contributed by atoms with Gasteiger partial charge in [-0.3, -0.25) is 0 Å². The van der Waals surface area contributed by atoms with Crippen LogP contribution >= 0.6 is 0 Å². The van der Waals surface area contributed by atoms with E-state index < -0.39 is 23.4 Å². The Bertz CT molecular complexity index is 455.